The Morgan fingerprint density at radius 1 is 1.08 bits per heavy atom. The van der Waals surface area contributed by atoms with Crippen LogP contribution in [-0.4, -0.2) is 25.0 Å². The molecule has 0 aliphatic heterocycles. The third-order valence-corrected chi connectivity index (χ3v) is 4.33. The molecule has 0 aliphatic carbocycles. The summed E-state index contributed by atoms with van der Waals surface area (Å²) < 4.78 is 11.6. The third-order valence-electron chi connectivity index (χ3n) is 3.48. The summed E-state index contributed by atoms with van der Waals surface area (Å²) in [5, 5.41) is 0. The largest absolute Gasteiger partial charge is 0.493 e. The Labute approximate surface area is 154 Å². The number of carbonyl (C=O) groups is 2. The van der Waals surface area contributed by atoms with Crippen LogP contribution in [0.2, 0.25) is 0 Å². The molecule has 2 rings (SSSR count). The molecular weight excluding hydrogens is 388 g/mol. The van der Waals surface area contributed by atoms with Crippen LogP contribution in [-0.2, 0) is 4.79 Å². The van der Waals surface area contributed by atoms with E-state index in [1.807, 2.05) is 13.0 Å². The third kappa shape index (κ3) is 4.96. The van der Waals surface area contributed by atoms with Crippen LogP contribution >= 0.6 is 15.9 Å². The summed E-state index contributed by atoms with van der Waals surface area (Å²) in [5.41, 5.74) is 6.16. The summed E-state index contributed by atoms with van der Waals surface area (Å²) in [5.74, 6) is 0.0705. The van der Waals surface area contributed by atoms with Gasteiger partial charge in [0, 0.05) is 10.0 Å². The predicted molar refractivity (Wildman–Crippen MR) is 97.6 cm³/mol. The number of ether oxygens (including phenoxy) is 2. The van der Waals surface area contributed by atoms with Gasteiger partial charge in [-0.1, -0.05) is 34.1 Å². The van der Waals surface area contributed by atoms with Gasteiger partial charge in [-0.3, -0.25) is 20.4 Å². The maximum atomic E-state index is 12.1. The number of methoxy groups -OCH3 is 1. The fourth-order valence-corrected chi connectivity index (χ4v) is 2.37. The second kappa shape index (κ2) is 8.53. The highest BCUT2D eigenvalue weighted by atomic mass is 79.9. The van der Waals surface area contributed by atoms with Crippen LogP contribution in [0.1, 0.15) is 22.8 Å². The Hall–Kier alpha value is -2.54. The molecule has 0 saturated heterocycles. The minimum Gasteiger partial charge on any atom is -0.493 e. The van der Waals surface area contributed by atoms with Crippen LogP contribution in [0.25, 0.3) is 0 Å². The first kappa shape index (κ1) is 18.8. The van der Waals surface area contributed by atoms with Crippen molar-refractivity contribution in [3.05, 3.63) is 58.1 Å². The summed E-state index contributed by atoms with van der Waals surface area (Å²) >= 11 is 3.37. The molecule has 25 heavy (non-hydrogen) atoms. The fraction of sp³-hybridized carbons (Fsp3) is 0.222. The molecular formula is C18H19BrN2O4. The highest BCUT2D eigenvalue weighted by molar-refractivity contribution is 9.10. The molecule has 0 fully saturated rings. The molecule has 7 heteroatoms. The first-order valence-electron chi connectivity index (χ1n) is 7.58. The van der Waals surface area contributed by atoms with Gasteiger partial charge in [0.05, 0.1) is 7.11 Å². The zero-order valence-electron chi connectivity index (χ0n) is 14.1. The standard InChI is InChI=1S/C18H19BrN2O4/c1-11-8-9-13(10-14(11)19)18(23)21-20-17(22)12(2)25-16-7-5-4-6-15(16)24-3/h4-10,12H,1-3H3,(H,20,22)(H,21,23). The average Bonchev–Trinajstić information content (AvgIpc) is 2.62. The number of para-hydroxylation sites is 2. The minimum absolute atomic E-state index is 0.418. The van der Waals surface area contributed by atoms with E-state index in [1.165, 1.54) is 7.11 Å². The highest BCUT2D eigenvalue weighted by Crippen LogP contribution is 2.26. The number of halogens is 1. The molecule has 0 aliphatic rings. The Balaban J connectivity index is 1.92. The molecule has 0 aromatic heterocycles. The number of aryl methyl sites for hydroxylation is 1. The van der Waals surface area contributed by atoms with Crippen LogP contribution in [0.5, 0.6) is 11.5 Å². The molecule has 0 bridgehead atoms. The molecule has 2 amide bonds. The number of carbonyl (C=O) groups excluding carboxylic acids is 2. The van der Waals surface area contributed by atoms with E-state index in [0.717, 1.165) is 10.0 Å². The van der Waals surface area contributed by atoms with Gasteiger partial charge in [0.15, 0.2) is 17.6 Å². The first-order chi connectivity index (χ1) is 11.9. The molecule has 2 aromatic rings. The summed E-state index contributed by atoms with van der Waals surface area (Å²) in [7, 11) is 1.52. The molecule has 1 unspecified atom stereocenters. The number of nitrogens with one attached hydrogen (secondary N) is 2. The monoisotopic (exact) mass is 406 g/mol. The van der Waals surface area contributed by atoms with Crippen molar-refractivity contribution in [2.45, 2.75) is 20.0 Å². The maximum Gasteiger partial charge on any atom is 0.279 e. The Morgan fingerprint density at radius 3 is 2.40 bits per heavy atom. The van der Waals surface area contributed by atoms with Gasteiger partial charge in [-0.25, -0.2) is 0 Å². The fourth-order valence-electron chi connectivity index (χ4n) is 1.99. The van der Waals surface area contributed by atoms with Crippen molar-refractivity contribution in [1.29, 1.82) is 0 Å². The predicted octanol–water partition coefficient (Wildman–Crippen LogP) is 2.99. The van der Waals surface area contributed by atoms with Crippen LogP contribution in [0, 0.1) is 6.92 Å². The number of rotatable bonds is 5. The van der Waals surface area contributed by atoms with E-state index in [0.29, 0.717) is 17.1 Å². The molecule has 2 aromatic carbocycles. The summed E-state index contributed by atoms with van der Waals surface area (Å²) in [6.45, 7) is 3.50. The van der Waals surface area contributed by atoms with Gasteiger partial charge in [-0.2, -0.15) is 0 Å². The summed E-state index contributed by atoms with van der Waals surface area (Å²) in [4.78, 5) is 24.2. The molecule has 132 valence electrons. The van der Waals surface area contributed by atoms with Crippen LogP contribution in [0.3, 0.4) is 0 Å². The van der Waals surface area contributed by atoms with E-state index >= 15 is 0 Å². The zero-order valence-corrected chi connectivity index (χ0v) is 15.7. The quantitative estimate of drug-likeness (QED) is 0.748. The van der Waals surface area contributed by atoms with Gasteiger partial charge < -0.3 is 9.47 Å². The van der Waals surface area contributed by atoms with E-state index in [2.05, 4.69) is 26.8 Å². The van der Waals surface area contributed by atoms with Gasteiger partial charge in [0.1, 0.15) is 0 Å². The number of benzene rings is 2. The first-order valence-corrected chi connectivity index (χ1v) is 8.37. The lowest BCUT2D eigenvalue weighted by atomic mass is 10.1. The number of hydrogen-bond acceptors (Lipinski definition) is 4. The number of hydrogen-bond donors (Lipinski definition) is 2. The van der Waals surface area contributed by atoms with Crippen molar-refractivity contribution < 1.29 is 19.1 Å². The van der Waals surface area contributed by atoms with E-state index in [4.69, 9.17) is 9.47 Å². The van der Waals surface area contributed by atoms with Gasteiger partial charge in [0.25, 0.3) is 11.8 Å². The highest BCUT2D eigenvalue weighted by Gasteiger charge is 2.17. The van der Waals surface area contributed by atoms with E-state index < -0.39 is 17.9 Å². The lowest BCUT2D eigenvalue weighted by Crippen LogP contribution is -2.47. The van der Waals surface area contributed by atoms with Gasteiger partial charge in [-0.15, -0.1) is 0 Å². The van der Waals surface area contributed by atoms with Crippen molar-refractivity contribution in [2.24, 2.45) is 0 Å². The van der Waals surface area contributed by atoms with Gasteiger partial charge in [-0.05, 0) is 43.7 Å². The molecule has 2 N–H and O–H groups in total. The topological polar surface area (TPSA) is 76.7 Å². The molecule has 0 heterocycles. The molecule has 0 spiro atoms. The second-order valence-corrected chi connectivity index (χ2v) is 6.17. The van der Waals surface area contributed by atoms with E-state index in [1.54, 1.807) is 43.3 Å². The molecule has 1 atom stereocenters. The summed E-state index contributed by atoms with van der Waals surface area (Å²) in [6, 6.07) is 12.2. The van der Waals surface area contributed by atoms with Crippen molar-refractivity contribution in [3.63, 3.8) is 0 Å². The Bertz CT molecular complexity index is 779. The number of amides is 2. The number of hydrazine groups is 1. The van der Waals surface area contributed by atoms with Crippen LogP contribution in [0.15, 0.2) is 46.9 Å². The minimum atomic E-state index is -0.818. The Morgan fingerprint density at radius 2 is 1.76 bits per heavy atom. The molecule has 6 nitrogen and oxygen atoms in total. The van der Waals surface area contributed by atoms with Crippen molar-refractivity contribution in [1.82, 2.24) is 10.9 Å². The van der Waals surface area contributed by atoms with Gasteiger partial charge >= 0.3 is 0 Å². The van der Waals surface area contributed by atoms with E-state index in [9.17, 15) is 9.59 Å². The lowest BCUT2D eigenvalue weighted by Gasteiger charge is -2.17. The van der Waals surface area contributed by atoms with E-state index in [-0.39, 0.29) is 0 Å². The SMILES string of the molecule is COc1ccccc1OC(C)C(=O)NNC(=O)c1ccc(C)c(Br)c1. The summed E-state index contributed by atoms with van der Waals surface area (Å²) in [6.07, 6.45) is -0.818. The molecule has 0 saturated carbocycles. The van der Waals surface area contributed by atoms with Crippen molar-refractivity contribution in [3.8, 4) is 11.5 Å². The maximum absolute atomic E-state index is 12.1. The second-order valence-electron chi connectivity index (χ2n) is 5.32. The lowest BCUT2D eigenvalue weighted by molar-refractivity contribution is -0.128. The van der Waals surface area contributed by atoms with Crippen LogP contribution in [0.4, 0.5) is 0 Å². The van der Waals surface area contributed by atoms with Crippen LogP contribution < -0.4 is 20.3 Å². The van der Waals surface area contributed by atoms with Crippen molar-refractivity contribution in [2.75, 3.05) is 7.11 Å². The molecule has 0 radical (unpaired) electrons. The average molecular weight is 407 g/mol. The normalized spacial score (nSPS) is 11.4. The van der Waals surface area contributed by atoms with Crippen molar-refractivity contribution >= 4 is 27.7 Å². The smallest absolute Gasteiger partial charge is 0.279 e. The zero-order chi connectivity index (χ0) is 18.4. The Kier molecular flexibility index (Phi) is 6.41. The van der Waals surface area contributed by atoms with Gasteiger partial charge in [0.2, 0.25) is 0 Å².